The maximum absolute atomic E-state index is 13.4. The fourth-order valence-electron chi connectivity index (χ4n) is 6.20. The number of aromatic amines is 1. The van der Waals surface area contributed by atoms with Crippen molar-refractivity contribution in [3.63, 3.8) is 0 Å². The van der Waals surface area contributed by atoms with Gasteiger partial charge in [-0.2, -0.15) is 13.2 Å². The molecule has 1 aromatic heterocycles. The second-order valence-corrected chi connectivity index (χ2v) is 9.96. The molecule has 9 heteroatoms. The number of H-pyrrole nitrogens is 1. The highest BCUT2D eigenvalue weighted by Gasteiger charge is 2.49. The predicted octanol–water partition coefficient (Wildman–Crippen LogP) is 5.31. The summed E-state index contributed by atoms with van der Waals surface area (Å²) in [6.07, 6.45) is -0.501. The van der Waals surface area contributed by atoms with Crippen LogP contribution in [0.15, 0.2) is 42.6 Å². The van der Waals surface area contributed by atoms with Gasteiger partial charge >= 0.3 is 12.1 Å². The number of methoxy groups -OCH3 is 1. The number of hydrogen-bond acceptors (Lipinski definition) is 4. The number of carboxylic acids is 1. The molecule has 0 saturated carbocycles. The normalized spacial score (nSPS) is 23.2. The number of alkyl halides is 3. The molecule has 3 saturated heterocycles. The number of rotatable bonds is 6. The van der Waals surface area contributed by atoms with Gasteiger partial charge in [-0.25, -0.2) is 4.79 Å². The van der Waals surface area contributed by atoms with Crippen molar-refractivity contribution in [3.8, 4) is 5.75 Å². The van der Waals surface area contributed by atoms with Crippen LogP contribution in [0.3, 0.4) is 0 Å². The van der Waals surface area contributed by atoms with E-state index < -0.39 is 24.2 Å². The highest BCUT2D eigenvalue weighted by Crippen LogP contribution is 2.47. The number of halogens is 3. The first-order valence-corrected chi connectivity index (χ1v) is 12.1. The number of aromatic nitrogens is 1. The molecule has 36 heavy (non-hydrogen) atoms. The lowest BCUT2D eigenvalue weighted by Crippen LogP contribution is -2.53. The predicted molar refractivity (Wildman–Crippen MR) is 130 cm³/mol. The Kier molecular flexibility index (Phi) is 6.24. The summed E-state index contributed by atoms with van der Waals surface area (Å²) in [5, 5.41) is 10.4. The summed E-state index contributed by atoms with van der Waals surface area (Å²) in [6.45, 7) is 2.41. The van der Waals surface area contributed by atoms with Crippen molar-refractivity contribution in [2.45, 2.75) is 50.5 Å². The van der Waals surface area contributed by atoms with Gasteiger partial charge < -0.3 is 14.8 Å². The minimum absolute atomic E-state index is 0.192. The number of aryl methyl sites for hydroxylation is 1. The van der Waals surface area contributed by atoms with E-state index in [0.717, 1.165) is 33.3 Å². The van der Waals surface area contributed by atoms with Crippen molar-refractivity contribution in [2.24, 2.45) is 0 Å². The van der Waals surface area contributed by atoms with Crippen molar-refractivity contribution in [3.05, 3.63) is 64.8 Å². The summed E-state index contributed by atoms with van der Waals surface area (Å²) in [7, 11) is 1.64. The summed E-state index contributed by atoms with van der Waals surface area (Å²) in [5.74, 6) is -0.251. The van der Waals surface area contributed by atoms with Gasteiger partial charge in [0.1, 0.15) is 5.75 Å². The quantitative estimate of drug-likeness (QED) is 0.479. The molecule has 2 aromatic carbocycles. The van der Waals surface area contributed by atoms with Gasteiger partial charge in [0.2, 0.25) is 0 Å². The molecule has 2 bridgehead atoms. The molecule has 0 amide bonds. The van der Waals surface area contributed by atoms with Crippen molar-refractivity contribution in [1.29, 1.82) is 0 Å². The zero-order valence-corrected chi connectivity index (χ0v) is 20.4. The van der Waals surface area contributed by atoms with E-state index in [2.05, 4.69) is 9.88 Å². The molecule has 3 aromatic rings. The molecule has 6 nitrogen and oxygen atoms in total. The van der Waals surface area contributed by atoms with E-state index in [9.17, 15) is 23.1 Å². The third-order valence-electron chi connectivity index (χ3n) is 7.99. The van der Waals surface area contributed by atoms with Gasteiger partial charge in [-0.1, -0.05) is 12.1 Å². The molecule has 0 aliphatic carbocycles. The summed E-state index contributed by atoms with van der Waals surface area (Å²) >= 11 is 0. The van der Waals surface area contributed by atoms with Gasteiger partial charge in [0.15, 0.2) is 0 Å². The topological polar surface area (TPSA) is 68.8 Å². The molecule has 4 heterocycles. The SMILES string of the molecule is COc1cc(C)c2[nH]ccc2c1CN1CC2CC[C@]1(c1ccc(C(=O)O)cc1)CCN2CC(F)(F)F. The monoisotopic (exact) mass is 501 g/mol. The van der Waals surface area contributed by atoms with Crippen LogP contribution in [-0.2, 0) is 12.1 Å². The van der Waals surface area contributed by atoms with E-state index in [1.54, 1.807) is 24.1 Å². The minimum atomic E-state index is -4.26. The maximum Gasteiger partial charge on any atom is 0.401 e. The Labute approximate surface area is 207 Å². The number of nitrogens with zero attached hydrogens (tertiary/aromatic N) is 2. The largest absolute Gasteiger partial charge is 0.496 e. The van der Waals surface area contributed by atoms with E-state index >= 15 is 0 Å². The second-order valence-electron chi connectivity index (χ2n) is 9.96. The lowest BCUT2D eigenvalue weighted by molar-refractivity contribution is -0.151. The average molecular weight is 502 g/mol. The Morgan fingerprint density at radius 3 is 2.64 bits per heavy atom. The molecule has 3 aliphatic heterocycles. The lowest BCUT2D eigenvalue weighted by Gasteiger charge is -2.48. The number of carbonyl (C=O) groups is 1. The van der Waals surface area contributed by atoms with Crippen LogP contribution < -0.4 is 4.74 Å². The number of aromatic carboxylic acids is 1. The van der Waals surface area contributed by atoms with E-state index in [-0.39, 0.29) is 11.6 Å². The molecule has 6 rings (SSSR count). The Balaban J connectivity index is 1.59. The maximum atomic E-state index is 13.4. The lowest BCUT2D eigenvalue weighted by atomic mass is 9.77. The van der Waals surface area contributed by atoms with Crippen LogP contribution in [0.2, 0.25) is 0 Å². The fourth-order valence-corrected chi connectivity index (χ4v) is 6.20. The van der Waals surface area contributed by atoms with E-state index in [0.29, 0.717) is 38.9 Å². The zero-order chi connectivity index (χ0) is 25.7. The van der Waals surface area contributed by atoms with Crippen LogP contribution in [0.1, 0.15) is 46.3 Å². The molecule has 1 unspecified atom stereocenters. The van der Waals surface area contributed by atoms with Crippen LogP contribution in [0.25, 0.3) is 10.9 Å². The van der Waals surface area contributed by atoms with Crippen molar-refractivity contribution in [2.75, 3.05) is 26.7 Å². The number of ether oxygens (including phenoxy) is 1. The van der Waals surface area contributed by atoms with E-state index in [4.69, 9.17) is 4.74 Å². The Morgan fingerprint density at radius 2 is 1.97 bits per heavy atom. The molecular formula is C27H30F3N3O3. The van der Waals surface area contributed by atoms with Crippen LogP contribution in [0.5, 0.6) is 5.75 Å². The molecule has 192 valence electrons. The van der Waals surface area contributed by atoms with Gasteiger partial charge in [0.05, 0.1) is 19.2 Å². The number of hydrogen-bond donors (Lipinski definition) is 2. The van der Waals surface area contributed by atoms with Gasteiger partial charge in [-0.15, -0.1) is 0 Å². The molecule has 0 spiro atoms. The smallest absolute Gasteiger partial charge is 0.401 e. The first kappa shape index (κ1) is 24.6. The van der Waals surface area contributed by atoms with Gasteiger partial charge in [0.25, 0.3) is 0 Å². The summed E-state index contributed by atoms with van der Waals surface area (Å²) in [5.41, 5.74) is 3.70. The Hall–Kier alpha value is -3.04. The summed E-state index contributed by atoms with van der Waals surface area (Å²) in [6, 6.07) is 10.6. The molecule has 3 aliphatic rings. The van der Waals surface area contributed by atoms with Crippen molar-refractivity contribution >= 4 is 16.9 Å². The first-order chi connectivity index (χ1) is 17.1. The van der Waals surface area contributed by atoms with Crippen LogP contribution >= 0.6 is 0 Å². The molecule has 2 atom stereocenters. The molecule has 0 radical (unpaired) electrons. The second kappa shape index (κ2) is 9.12. The number of fused-ring (bicyclic) bond motifs is 5. The van der Waals surface area contributed by atoms with E-state index in [1.165, 1.54) is 0 Å². The van der Waals surface area contributed by atoms with E-state index in [1.807, 2.05) is 37.4 Å². The van der Waals surface area contributed by atoms with Gasteiger partial charge in [0, 0.05) is 53.9 Å². The van der Waals surface area contributed by atoms with Crippen molar-refractivity contribution < 1.29 is 27.8 Å². The molecular weight excluding hydrogens is 471 g/mol. The first-order valence-electron chi connectivity index (χ1n) is 12.1. The third kappa shape index (κ3) is 4.35. The summed E-state index contributed by atoms with van der Waals surface area (Å²) in [4.78, 5) is 18.6. The highest BCUT2D eigenvalue weighted by atomic mass is 19.4. The standard InChI is InChI=1S/C27H30F3N3O3/c1-17-13-23(36-2)22(21-8-11-31-24(17)21)15-33-14-20-7-9-26(33,10-12-32(20)16-27(28,29)30)19-5-3-18(4-6-19)25(34)35/h3-6,8,11,13,20,31H,7,9-10,12,14-16H2,1-2H3,(H,34,35)/t20?,26-/m1/s1. The van der Waals surface area contributed by atoms with Gasteiger partial charge in [-0.3, -0.25) is 9.80 Å². The minimum Gasteiger partial charge on any atom is -0.496 e. The molecule has 3 fully saturated rings. The van der Waals surface area contributed by atoms with Crippen LogP contribution in [0, 0.1) is 6.92 Å². The van der Waals surface area contributed by atoms with Crippen LogP contribution in [-0.4, -0.2) is 64.8 Å². The highest BCUT2D eigenvalue weighted by molar-refractivity contribution is 5.88. The Bertz CT molecular complexity index is 1270. The summed E-state index contributed by atoms with van der Waals surface area (Å²) < 4.78 is 46.0. The van der Waals surface area contributed by atoms with Gasteiger partial charge in [-0.05, 0) is 61.6 Å². The number of nitrogens with one attached hydrogen (secondary N) is 1. The number of carboxylic acid groups (broad SMARTS) is 1. The molecule has 2 N–H and O–H groups in total. The Morgan fingerprint density at radius 1 is 1.22 bits per heavy atom. The fraction of sp³-hybridized carbons (Fsp3) is 0.444. The van der Waals surface area contributed by atoms with Crippen LogP contribution in [0.4, 0.5) is 13.2 Å². The zero-order valence-electron chi connectivity index (χ0n) is 20.4. The number of benzene rings is 2. The third-order valence-corrected chi connectivity index (χ3v) is 7.99. The number of piperidine rings is 1. The average Bonchev–Trinajstić information content (AvgIpc) is 3.22. The van der Waals surface area contributed by atoms with Crippen molar-refractivity contribution in [1.82, 2.24) is 14.8 Å².